The van der Waals surface area contributed by atoms with Gasteiger partial charge in [-0.15, -0.1) is 0 Å². The Labute approximate surface area is 95.1 Å². The molecule has 1 aromatic rings. The van der Waals surface area contributed by atoms with Crippen molar-refractivity contribution >= 4 is 11.6 Å². The second kappa shape index (κ2) is 4.12. The summed E-state index contributed by atoms with van der Waals surface area (Å²) in [6.45, 7) is 4.75. The first-order valence-electron chi connectivity index (χ1n) is 5.18. The van der Waals surface area contributed by atoms with E-state index in [2.05, 4.69) is 6.92 Å². The Balaban J connectivity index is 2.24. The van der Waals surface area contributed by atoms with Gasteiger partial charge in [-0.05, 0) is 32.4 Å². The molecular formula is C12H15ClO2. The highest BCUT2D eigenvalue weighted by Crippen LogP contribution is 2.33. The highest BCUT2D eigenvalue weighted by molar-refractivity contribution is 6.30. The quantitative estimate of drug-likeness (QED) is 0.731. The third-order valence-corrected chi connectivity index (χ3v) is 2.95. The summed E-state index contributed by atoms with van der Waals surface area (Å²) in [4.78, 5) is 0. The molecule has 0 aliphatic carbocycles. The Kier molecular flexibility index (Phi) is 3.01. The van der Waals surface area contributed by atoms with E-state index in [1.165, 1.54) is 0 Å². The van der Waals surface area contributed by atoms with Crippen LogP contribution < -0.4 is 0 Å². The van der Waals surface area contributed by atoms with Gasteiger partial charge in [-0.1, -0.05) is 23.7 Å². The van der Waals surface area contributed by atoms with E-state index in [9.17, 15) is 0 Å². The fraction of sp³-hybridized carbons (Fsp3) is 0.500. The Morgan fingerprint density at radius 3 is 2.60 bits per heavy atom. The van der Waals surface area contributed by atoms with Crippen LogP contribution in [0.15, 0.2) is 24.3 Å². The van der Waals surface area contributed by atoms with E-state index in [0.717, 1.165) is 23.6 Å². The van der Waals surface area contributed by atoms with Gasteiger partial charge in [0.05, 0.1) is 12.7 Å². The second-order valence-corrected chi connectivity index (χ2v) is 4.45. The SMILES string of the molecule is CC1CCOC(C)(c2ccc(Cl)cc2)O1. The zero-order valence-electron chi connectivity index (χ0n) is 9.00. The molecule has 1 aromatic carbocycles. The summed E-state index contributed by atoms with van der Waals surface area (Å²) >= 11 is 5.84. The first kappa shape index (κ1) is 10.9. The Hall–Kier alpha value is -0.570. The van der Waals surface area contributed by atoms with Crippen LogP contribution in [-0.2, 0) is 15.3 Å². The fourth-order valence-corrected chi connectivity index (χ4v) is 1.93. The number of ether oxygens (including phenoxy) is 2. The Morgan fingerprint density at radius 1 is 1.33 bits per heavy atom. The van der Waals surface area contributed by atoms with E-state index in [4.69, 9.17) is 21.1 Å². The van der Waals surface area contributed by atoms with Crippen molar-refractivity contribution in [1.82, 2.24) is 0 Å². The first-order valence-corrected chi connectivity index (χ1v) is 5.56. The lowest BCUT2D eigenvalue weighted by molar-refractivity contribution is -0.288. The van der Waals surface area contributed by atoms with Crippen molar-refractivity contribution in [2.24, 2.45) is 0 Å². The molecule has 2 atom stereocenters. The van der Waals surface area contributed by atoms with E-state index in [1.807, 2.05) is 31.2 Å². The highest BCUT2D eigenvalue weighted by Gasteiger charge is 2.33. The molecule has 2 rings (SSSR count). The summed E-state index contributed by atoms with van der Waals surface area (Å²) in [6, 6.07) is 7.60. The summed E-state index contributed by atoms with van der Waals surface area (Å²) in [7, 11) is 0. The number of halogens is 1. The normalized spacial score (nSPS) is 31.5. The van der Waals surface area contributed by atoms with Crippen molar-refractivity contribution in [3.8, 4) is 0 Å². The third kappa shape index (κ3) is 2.33. The van der Waals surface area contributed by atoms with Crippen LogP contribution in [0.2, 0.25) is 5.02 Å². The van der Waals surface area contributed by atoms with Gasteiger partial charge in [0.15, 0.2) is 5.79 Å². The van der Waals surface area contributed by atoms with Gasteiger partial charge >= 0.3 is 0 Å². The topological polar surface area (TPSA) is 18.5 Å². The molecule has 0 aromatic heterocycles. The summed E-state index contributed by atoms with van der Waals surface area (Å²) in [5, 5.41) is 0.728. The van der Waals surface area contributed by atoms with E-state index in [-0.39, 0.29) is 6.10 Å². The minimum atomic E-state index is -0.623. The smallest absolute Gasteiger partial charge is 0.192 e. The van der Waals surface area contributed by atoms with Crippen LogP contribution in [0.25, 0.3) is 0 Å². The van der Waals surface area contributed by atoms with Crippen LogP contribution in [0.1, 0.15) is 25.8 Å². The van der Waals surface area contributed by atoms with Gasteiger partial charge in [0, 0.05) is 10.6 Å². The van der Waals surface area contributed by atoms with Crippen molar-refractivity contribution < 1.29 is 9.47 Å². The highest BCUT2D eigenvalue weighted by atomic mass is 35.5. The maximum atomic E-state index is 5.84. The second-order valence-electron chi connectivity index (χ2n) is 4.02. The largest absolute Gasteiger partial charge is 0.346 e. The van der Waals surface area contributed by atoms with Crippen LogP contribution in [0, 0.1) is 0 Å². The molecule has 1 aliphatic heterocycles. The Morgan fingerprint density at radius 2 is 2.00 bits per heavy atom. The van der Waals surface area contributed by atoms with Crippen LogP contribution >= 0.6 is 11.6 Å². The molecule has 3 heteroatoms. The molecule has 0 radical (unpaired) electrons. The van der Waals surface area contributed by atoms with E-state index in [1.54, 1.807) is 0 Å². The summed E-state index contributed by atoms with van der Waals surface area (Å²) < 4.78 is 11.5. The first-order chi connectivity index (χ1) is 7.10. The molecule has 2 nitrogen and oxygen atoms in total. The van der Waals surface area contributed by atoms with Crippen LogP contribution in [0.4, 0.5) is 0 Å². The molecule has 0 spiro atoms. The van der Waals surface area contributed by atoms with Gasteiger partial charge in [0.25, 0.3) is 0 Å². The minimum Gasteiger partial charge on any atom is -0.346 e. The predicted octanol–water partition coefficient (Wildman–Crippen LogP) is 3.34. The maximum absolute atomic E-state index is 5.84. The Bertz CT molecular complexity index is 336. The molecule has 0 N–H and O–H groups in total. The van der Waals surface area contributed by atoms with E-state index >= 15 is 0 Å². The molecule has 0 amide bonds. The molecule has 0 bridgehead atoms. The lowest BCUT2D eigenvalue weighted by Crippen LogP contribution is -2.38. The molecule has 15 heavy (non-hydrogen) atoms. The average Bonchev–Trinajstić information content (AvgIpc) is 2.18. The maximum Gasteiger partial charge on any atom is 0.192 e. The van der Waals surface area contributed by atoms with Crippen LogP contribution in [0.5, 0.6) is 0 Å². The molecule has 1 fully saturated rings. The van der Waals surface area contributed by atoms with Crippen molar-refractivity contribution in [2.45, 2.75) is 32.2 Å². The van der Waals surface area contributed by atoms with Gasteiger partial charge in [-0.25, -0.2) is 0 Å². The molecule has 0 saturated carbocycles. The number of hydrogen-bond acceptors (Lipinski definition) is 2. The van der Waals surface area contributed by atoms with Gasteiger partial charge in [-0.3, -0.25) is 0 Å². The summed E-state index contributed by atoms with van der Waals surface area (Å²) in [6.07, 6.45) is 1.18. The lowest BCUT2D eigenvalue weighted by Gasteiger charge is -2.37. The summed E-state index contributed by atoms with van der Waals surface area (Å²) in [5.74, 6) is -0.623. The van der Waals surface area contributed by atoms with E-state index in [0.29, 0.717) is 0 Å². The number of benzene rings is 1. The van der Waals surface area contributed by atoms with Gasteiger partial charge in [0.1, 0.15) is 0 Å². The predicted molar refractivity (Wildman–Crippen MR) is 59.9 cm³/mol. The van der Waals surface area contributed by atoms with Crippen LogP contribution in [-0.4, -0.2) is 12.7 Å². The standard InChI is InChI=1S/C12H15ClO2/c1-9-7-8-14-12(2,15-9)10-3-5-11(13)6-4-10/h3-6,9H,7-8H2,1-2H3. The summed E-state index contributed by atoms with van der Waals surface area (Å²) in [5.41, 5.74) is 1.01. The van der Waals surface area contributed by atoms with Crippen molar-refractivity contribution in [2.75, 3.05) is 6.61 Å². The number of rotatable bonds is 1. The van der Waals surface area contributed by atoms with E-state index < -0.39 is 5.79 Å². The van der Waals surface area contributed by atoms with Crippen molar-refractivity contribution in [3.05, 3.63) is 34.9 Å². The monoisotopic (exact) mass is 226 g/mol. The molecule has 1 aliphatic rings. The molecule has 82 valence electrons. The van der Waals surface area contributed by atoms with Gasteiger partial charge in [-0.2, -0.15) is 0 Å². The number of hydrogen-bond donors (Lipinski definition) is 0. The molecular weight excluding hydrogens is 212 g/mol. The zero-order valence-corrected chi connectivity index (χ0v) is 9.75. The van der Waals surface area contributed by atoms with Gasteiger partial charge in [0.2, 0.25) is 0 Å². The zero-order chi connectivity index (χ0) is 10.9. The third-order valence-electron chi connectivity index (χ3n) is 2.70. The molecule has 1 saturated heterocycles. The average molecular weight is 227 g/mol. The van der Waals surface area contributed by atoms with Crippen molar-refractivity contribution in [3.63, 3.8) is 0 Å². The van der Waals surface area contributed by atoms with Gasteiger partial charge < -0.3 is 9.47 Å². The van der Waals surface area contributed by atoms with Crippen LogP contribution in [0.3, 0.4) is 0 Å². The molecule has 1 heterocycles. The fourth-order valence-electron chi connectivity index (χ4n) is 1.80. The lowest BCUT2D eigenvalue weighted by atomic mass is 10.1. The molecule has 2 unspecified atom stereocenters. The minimum absolute atomic E-state index is 0.236. The van der Waals surface area contributed by atoms with Crippen molar-refractivity contribution in [1.29, 1.82) is 0 Å².